The molecule has 1 aliphatic carbocycles. The molecule has 0 spiro atoms. The molecule has 0 aromatic rings. The van der Waals surface area contributed by atoms with E-state index in [1.807, 2.05) is 4.90 Å². The molecular formula is C14H20F3NO. The molecule has 1 saturated heterocycles. The minimum Gasteiger partial charge on any atom is -0.374 e. The first-order chi connectivity index (χ1) is 8.51. The Morgan fingerprint density at radius 3 is 2.47 bits per heavy atom. The number of ketones is 1. The zero-order valence-electron chi connectivity index (χ0n) is 11.5. The summed E-state index contributed by atoms with van der Waals surface area (Å²) in [6.45, 7) is 7.32. The van der Waals surface area contributed by atoms with Gasteiger partial charge in [0, 0.05) is 24.9 Å². The molecule has 1 heterocycles. The predicted molar refractivity (Wildman–Crippen MR) is 66.4 cm³/mol. The van der Waals surface area contributed by atoms with Crippen molar-refractivity contribution in [3.8, 4) is 0 Å². The van der Waals surface area contributed by atoms with E-state index < -0.39 is 12.0 Å². The average molecular weight is 275 g/mol. The second kappa shape index (κ2) is 4.25. The number of alkyl halides is 3. The normalized spacial score (nSPS) is 34.0. The highest BCUT2D eigenvalue weighted by Gasteiger charge is 2.48. The van der Waals surface area contributed by atoms with Crippen LogP contribution in [-0.4, -0.2) is 29.4 Å². The topological polar surface area (TPSA) is 20.3 Å². The maximum Gasteiger partial charge on any atom is 0.454 e. The highest BCUT2D eigenvalue weighted by atomic mass is 19.4. The monoisotopic (exact) mass is 275 g/mol. The van der Waals surface area contributed by atoms with E-state index in [0.717, 1.165) is 25.8 Å². The lowest BCUT2D eigenvalue weighted by Gasteiger charge is -2.39. The summed E-state index contributed by atoms with van der Waals surface area (Å²) in [6.07, 6.45) is 0.279. The maximum atomic E-state index is 12.2. The predicted octanol–water partition coefficient (Wildman–Crippen LogP) is 3.53. The maximum absolute atomic E-state index is 12.2. The molecule has 1 aliphatic heterocycles. The molecule has 2 nitrogen and oxygen atoms in total. The minimum absolute atomic E-state index is 0.151. The van der Waals surface area contributed by atoms with Gasteiger partial charge >= 0.3 is 6.18 Å². The molecule has 0 radical (unpaired) electrons. The Morgan fingerprint density at radius 1 is 1.26 bits per heavy atom. The van der Waals surface area contributed by atoms with Gasteiger partial charge in [-0.15, -0.1) is 0 Å². The van der Waals surface area contributed by atoms with Crippen molar-refractivity contribution in [2.75, 3.05) is 6.54 Å². The number of hydrogen-bond acceptors (Lipinski definition) is 2. The van der Waals surface area contributed by atoms with Gasteiger partial charge in [-0.25, -0.2) is 0 Å². The van der Waals surface area contributed by atoms with Gasteiger partial charge in [0.15, 0.2) is 0 Å². The Balaban J connectivity index is 2.08. The van der Waals surface area contributed by atoms with Crippen molar-refractivity contribution in [1.29, 1.82) is 0 Å². The summed E-state index contributed by atoms with van der Waals surface area (Å²) < 4.78 is 36.5. The van der Waals surface area contributed by atoms with Crippen LogP contribution in [0.4, 0.5) is 13.2 Å². The van der Waals surface area contributed by atoms with Crippen molar-refractivity contribution >= 4 is 5.78 Å². The SMILES string of the molecule is CC1(C)C[C@@H]2C[C@@](C)(CN2/C=C/C(=O)C(F)(F)F)C1. The van der Waals surface area contributed by atoms with E-state index >= 15 is 0 Å². The number of likely N-dealkylation sites (tertiary alicyclic amines) is 1. The van der Waals surface area contributed by atoms with Gasteiger partial charge in [-0.2, -0.15) is 13.2 Å². The molecular weight excluding hydrogens is 255 g/mol. The summed E-state index contributed by atoms with van der Waals surface area (Å²) >= 11 is 0. The van der Waals surface area contributed by atoms with E-state index in [-0.39, 0.29) is 16.9 Å². The first kappa shape index (κ1) is 14.4. The van der Waals surface area contributed by atoms with Crippen molar-refractivity contribution in [3.63, 3.8) is 0 Å². The minimum atomic E-state index is -4.77. The zero-order chi connectivity index (χ0) is 14.5. The molecule has 108 valence electrons. The average Bonchev–Trinajstić information content (AvgIpc) is 2.42. The molecule has 19 heavy (non-hydrogen) atoms. The van der Waals surface area contributed by atoms with Gasteiger partial charge in [0.1, 0.15) is 0 Å². The Kier molecular flexibility index (Phi) is 3.22. The number of carbonyl (C=O) groups excluding carboxylic acids is 1. The van der Waals surface area contributed by atoms with E-state index in [1.165, 1.54) is 6.20 Å². The van der Waals surface area contributed by atoms with E-state index in [2.05, 4.69) is 20.8 Å². The molecule has 5 heteroatoms. The molecule has 2 fully saturated rings. The molecule has 2 rings (SSSR count). The van der Waals surface area contributed by atoms with Gasteiger partial charge in [-0.1, -0.05) is 20.8 Å². The second-order valence-electron chi connectivity index (χ2n) is 7.06. The van der Waals surface area contributed by atoms with E-state index in [4.69, 9.17) is 0 Å². The zero-order valence-corrected chi connectivity index (χ0v) is 11.5. The number of hydrogen-bond donors (Lipinski definition) is 0. The van der Waals surface area contributed by atoms with Crippen molar-refractivity contribution in [1.82, 2.24) is 4.90 Å². The van der Waals surface area contributed by atoms with Gasteiger partial charge in [0.2, 0.25) is 0 Å². The fourth-order valence-electron chi connectivity index (χ4n) is 3.94. The van der Waals surface area contributed by atoms with Gasteiger partial charge in [-0.3, -0.25) is 4.79 Å². The van der Waals surface area contributed by atoms with Crippen LogP contribution in [0.5, 0.6) is 0 Å². The van der Waals surface area contributed by atoms with Crippen molar-refractivity contribution in [2.24, 2.45) is 10.8 Å². The number of halogens is 3. The van der Waals surface area contributed by atoms with Gasteiger partial charge in [0.25, 0.3) is 5.78 Å². The lowest BCUT2D eigenvalue weighted by molar-refractivity contribution is -0.165. The molecule has 2 atom stereocenters. The van der Waals surface area contributed by atoms with Crippen molar-refractivity contribution in [3.05, 3.63) is 12.3 Å². The summed E-state index contributed by atoms with van der Waals surface area (Å²) in [4.78, 5) is 12.8. The first-order valence-electron chi connectivity index (χ1n) is 6.56. The highest BCUT2D eigenvalue weighted by Crippen LogP contribution is 2.52. The molecule has 1 saturated carbocycles. The molecule has 0 amide bonds. The molecule has 0 N–H and O–H groups in total. The van der Waals surface area contributed by atoms with E-state index in [1.54, 1.807) is 0 Å². The smallest absolute Gasteiger partial charge is 0.374 e. The van der Waals surface area contributed by atoms with Crippen LogP contribution < -0.4 is 0 Å². The first-order valence-corrected chi connectivity index (χ1v) is 6.56. The van der Waals surface area contributed by atoms with Gasteiger partial charge < -0.3 is 4.90 Å². The van der Waals surface area contributed by atoms with Crippen LogP contribution in [0, 0.1) is 10.8 Å². The largest absolute Gasteiger partial charge is 0.454 e. The molecule has 0 unspecified atom stereocenters. The van der Waals surface area contributed by atoms with E-state index in [0.29, 0.717) is 6.08 Å². The summed E-state index contributed by atoms with van der Waals surface area (Å²) in [6, 6.07) is 0.256. The fraction of sp³-hybridized carbons (Fsp3) is 0.786. The van der Waals surface area contributed by atoms with Crippen molar-refractivity contribution in [2.45, 2.75) is 52.3 Å². The number of fused-ring (bicyclic) bond motifs is 2. The van der Waals surface area contributed by atoms with Crippen LogP contribution in [0.1, 0.15) is 40.0 Å². The summed E-state index contributed by atoms with van der Waals surface area (Å²) in [5, 5.41) is 0. The third-order valence-corrected chi connectivity index (χ3v) is 4.15. The van der Waals surface area contributed by atoms with Gasteiger partial charge in [-0.05, 0) is 30.1 Å². The molecule has 0 aromatic carbocycles. The third-order valence-electron chi connectivity index (χ3n) is 4.15. The molecule has 2 bridgehead atoms. The standard InChI is InChI=1S/C14H20F3NO/c1-12(2)6-10-7-13(3,8-12)9-18(10)5-4-11(19)14(15,16)17/h4-5,10H,6-9H2,1-3H3/b5-4+/t10-,13-/m1/s1. The number of rotatable bonds is 2. The molecule has 0 aromatic heterocycles. The lowest BCUT2D eigenvalue weighted by Crippen LogP contribution is -2.33. The van der Waals surface area contributed by atoms with Crippen molar-refractivity contribution < 1.29 is 18.0 Å². The van der Waals surface area contributed by atoms with Crippen LogP contribution in [0.15, 0.2) is 12.3 Å². The Hall–Kier alpha value is -1.00. The highest BCUT2D eigenvalue weighted by molar-refractivity contribution is 5.94. The summed E-state index contributed by atoms with van der Waals surface area (Å²) in [7, 11) is 0. The summed E-state index contributed by atoms with van der Waals surface area (Å²) in [5.74, 6) is -1.78. The van der Waals surface area contributed by atoms with Crippen LogP contribution >= 0.6 is 0 Å². The van der Waals surface area contributed by atoms with Crippen LogP contribution in [0.3, 0.4) is 0 Å². The summed E-state index contributed by atoms with van der Waals surface area (Å²) in [5.41, 5.74) is 0.367. The van der Waals surface area contributed by atoms with Crippen LogP contribution in [0.2, 0.25) is 0 Å². The number of allylic oxidation sites excluding steroid dienone is 1. The van der Waals surface area contributed by atoms with Crippen LogP contribution in [0.25, 0.3) is 0 Å². The Morgan fingerprint density at radius 2 is 1.89 bits per heavy atom. The fourth-order valence-corrected chi connectivity index (χ4v) is 3.94. The third kappa shape index (κ3) is 3.12. The lowest BCUT2D eigenvalue weighted by atomic mass is 9.65. The van der Waals surface area contributed by atoms with E-state index in [9.17, 15) is 18.0 Å². The quantitative estimate of drug-likeness (QED) is 0.718. The van der Waals surface area contributed by atoms with Crippen LogP contribution in [-0.2, 0) is 4.79 Å². The Labute approximate surface area is 111 Å². The second-order valence-corrected chi connectivity index (χ2v) is 7.06. The Bertz CT molecular complexity index is 413. The number of nitrogens with zero attached hydrogens (tertiary/aromatic N) is 1. The molecule has 2 aliphatic rings. The van der Waals surface area contributed by atoms with Gasteiger partial charge in [0.05, 0.1) is 0 Å². The number of carbonyl (C=O) groups is 1.